The second-order valence-corrected chi connectivity index (χ2v) is 2.80. The molecule has 0 aliphatic rings. The van der Waals surface area contributed by atoms with Crippen LogP contribution in [-0.2, 0) is 0 Å². The van der Waals surface area contributed by atoms with Crippen LogP contribution < -0.4 is 0 Å². The van der Waals surface area contributed by atoms with Crippen molar-refractivity contribution in [2.45, 2.75) is 12.5 Å². The predicted octanol–water partition coefficient (Wildman–Crippen LogP) is 0.589. The first-order chi connectivity index (χ1) is 4.52. The van der Waals surface area contributed by atoms with E-state index in [0.717, 1.165) is 5.01 Å². The van der Waals surface area contributed by atoms with Gasteiger partial charge in [0.25, 0.3) is 0 Å². The zero-order valence-corrected chi connectivity index (χ0v) is 6.80. The molecule has 1 N–H and O–H groups in total. The molecule has 0 aromatic heterocycles. The molecular weight excluding hydrogens is 156 g/mol. The second-order valence-electron chi connectivity index (χ2n) is 2.53. The van der Waals surface area contributed by atoms with Crippen molar-refractivity contribution >= 4 is 11.6 Å². The summed E-state index contributed by atoms with van der Waals surface area (Å²) in [5.74, 6) is 0.0901. The molecule has 0 saturated heterocycles. The summed E-state index contributed by atoms with van der Waals surface area (Å²) in [5, 5.41) is 12.9. The highest BCUT2D eigenvalue weighted by Crippen LogP contribution is 2.06. The van der Waals surface area contributed by atoms with Crippen LogP contribution in [0.1, 0.15) is 6.92 Å². The van der Waals surface area contributed by atoms with Crippen LogP contribution in [0.4, 0.5) is 0 Å². The molecule has 0 aliphatic heterocycles. The standard InChI is InChI=1S/C5H11ClN2O2/c1-5(9,3-6)4-8(2)7-10/h9H,3-4H2,1-2H3. The third kappa shape index (κ3) is 3.63. The molecule has 0 saturated carbocycles. The largest absolute Gasteiger partial charge is 0.387 e. The molecule has 0 rings (SSSR count). The smallest absolute Gasteiger partial charge is 0.0946 e. The van der Waals surface area contributed by atoms with Gasteiger partial charge in [-0.1, -0.05) is 0 Å². The average molecular weight is 167 g/mol. The minimum atomic E-state index is -1.04. The van der Waals surface area contributed by atoms with E-state index in [-0.39, 0.29) is 12.4 Å². The maximum absolute atomic E-state index is 9.82. The lowest BCUT2D eigenvalue weighted by atomic mass is 10.1. The molecule has 0 heterocycles. The van der Waals surface area contributed by atoms with Crippen LogP contribution >= 0.6 is 11.6 Å². The molecule has 0 aromatic carbocycles. The summed E-state index contributed by atoms with van der Waals surface area (Å²) in [6.45, 7) is 1.70. The van der Waals surface area contributed by atoms with E-state index in [9.17, 15) is 10.0 Å². The van der Waals surface area contributed by atoms with Gasteiger partial charge in [-0.25, -0.2) is 0 Å². The topological polar surface area (TPSA) is 52.9 Å². The van der Waals surface area contributed by atoms with Gasteiger partial charge in [-0.15, -0.1) is 16.5 Å². The first-order valence-corrected chi connectivity index (χ1v) is 3.38. The van der Waals surface area contributed by atoms with E-state index >= 15 is 0 Å². The molecule has 0 aliphatic carbocycles. The summed E-state index contributed by atoms with van der Waals surface area (Å²) < 4.78 is 0. The lowest BCUT2D eigenvalue weighted by Gasteiger charge is -2.22. The summed E-state index contributed by atoms with van der Waals surface area (Å²) in [4.78, 5) is 9.82. The van der Waals surface area contributed by atoms with Gasteiger partial charge in [-0.3, -0.25) is 5.01 Å². The minimum Gasteiger partial charge on any atom is -0.387 e. The van der Waals surface area contributed by atoms with E-state index in [1.807, 2.05) is 0 Å². The van der Waals surface area contributed by atoms with Crippen molar-refractivity contribution in [1.82, 2.24) is 5.01 Å². The third-order valence-corrected chi connectivity index (χ3v) is 1.57. The molecule has 1 atom stereocenters. The van der Waals surface area contributed by atoms with Gasteiger partial charge in [0.2, 0.25) is 0 Å². The highest BCUT2D eigenvalue weighted by atomic mass is 35.5. The van der Waals surface area contributed by atoms with Crippen LogP contribution in [0.2, 0.25) is 0 Å². The Hall–Kier alpha value is -0.350. The molecule has 5 heteroatoms. The number of nitroso groups, excluding NO2 is 1. The summed E-state index contributed by atoms with van der Waals surface area (Å²) in [6, 6.07) is 0. The molecule has 0 bridgehead atoms. The number of likely N-dealkylation sites (N-methyl/N-ethyl adjacent to an activating group) is 1. The SMILES string of the molecule is CN(CC(C)(O)CCl)N=O. The quantitative estimate of drug-likeness (QED) is 0.378. The Morgan fingerprint density at radius 3 is 2.60 bits per heavy atom. The monoisotopic (exact) mass is 166 g/mol. The van der Waals surface area contributed by atoms with Crippen molar-refractivity contribution in [3.63, 3.8) is 0 Å². The first kappa shape index (κ1) is 9.65. The number of rotatable bonds is 4. The number of alkyl halides is 1. The predicted molar refractivity (Wildman–Crippen MR) is 39.8 cm³/mol. The normalized spacial score (nSPS) is 16.0. The van der Waals surface area contributed by atoms with Gasteiger partial charge in [-0.05, 0) is 6.92 Å². The van der Waals surface area contributed by atoms with Crippen LogP contribution in [0.5, 0.6) is 0 Å². The number of nitrogens with zero attached hydrogens (tertiary/aromatic N) is 2. The van der Waals surface area contributed by atoms with Crippen molar-refractivity contribution in [1.29, 1.82) is 0 Å². The van der Waals surface area contributed by atoms with Gasteiger partial charge in [0.1, 0.15) is 0 Å². The van der Waals surface area contributed by atoms with E-state index < -0.39 is 5.60 Å². The van der Waals surface area contributed by atoms with Crippen LogP contribution in [0, 0.1) is 4.91 Å². The average Bonchev–Trinajstić information content (AvgIpc) is 1.87. The van der Waals surface area contributed by atoms with E-state index in [1.54, 1.807) is 6.92 Å². The summed E-state index contributed by atoms with van der Waals surface area (Å²) in [7, 11) is 1.48. The van der Waals surface area contributed by atoms with Gasteiger partial charge in [0.15, 0.2) is 0 Å². The molecule has 0 amide bonds. The molecule has 60 valence electrons. The van der Waals surface area contributed by atoms with Crippen molar-refractivity contribution in [2.75, 3.05) is 19.5 Å². The molecule has 4 nitrogen and oxygen atoms in total. The highest BCUT2D eigenvalue weighted by molar-refractivity contribution is 6.18. The van der Waals surface area contributed by atoms with Gasteiger partial charge in [0.05, 0.1) is 23.3 Å². The first-order valence-electron chi connectivity index (χ1n) is 2.84. The van der Waals surface area contributed by atoms with Crippen molar-refractivity contribution in [3.05, 3.63) is 4.91 Å². The Labute approximate surface area is 64.7 Å². The van der Waals surface area contributed by atoms with Crippen LogP contribution in [0.25, 0.3) is 0 Å². The Morgan fingerprint density at radius 1 is 1.80 bits per heavy atom. The Morgan fingerprint density at radius 2 is 2.30 bits per heavy atom. The number of aliphatic hydroxyl groups is 1. The minimum absolute atomic E-state index is 0.0901. The molecule has 1 unspecified atom stereocenters. The maximum Gasteiger partial charge on any atom is 0.0946 e. The van der Waals surface area contributed by atoms with Crippen molar-refractivity contribution < 1.29 is 5.11 Å². The van der Waals surface area contributed by atoms with E-state index in [1.165, 1.54) is 7.05 Å². The van der Waals surface area contributed by atoms with Crippen LogP contribution in [-0.4, -0.2) is 35.2 Å². The highest BCUT2D eigenvalue weighted by Gasteiger charge is 2.20. The molecule has 0 aromatic rings. The maximum atomic E-state index is 9.82. The fraction of sp³-hybridized carbons (Fsp3) is 1.00. The van der Waals surface area contributed by atoms with E-state index in [2.05, 4.69) is 5.29 Å². The van der Waals surface area contributed by atoms with Crippen molar-refractivity contribution in [3.8, 4) is 0 Å². The summed E-state index contributed by atoms with van der Waals surface area (Å²) in [6.07, 6.45) is 0. The zero-order chi connectivity index (χ0) is 8.20. The second kappa shape index (κ2) is 3.73. The summed E-state index contributed by atoms with van der Waals surface area (Å²) >= 11 is 5.37. The van der Waals surface area contributed by atoms with Gasteiger partial charge in [-0.2, -0.15) is 0 Å². The van der Waals surface area contributed by atoms with E-state index in [0.29, 0.717) is 0 Å². The van der Waals surface area contributed by atoms with Crippen LogP contribution in [0.15, 0.2) is 5.29 Å². The Kier molecular flexibility index (Phi) is 3.60. The Bertz CT molecular complexity index is 118. The lowest BCUT2D eigenvalue weighted by Crippen LogP contribution is -2.38. The fourth-order valence-corrected chi connectivity index (χ4v) is 0.649. The van der Waals surface area contributed by atoms with Gasteiger partial charge < -0.3 is 5.11 Å². The molecule has 0 spiro atoms. The molecule has 10 heavy (non-hydrogen) atoms. The summed E-state index contributed by atoms with van der Waals surface area (Å²) in [5.41, 5.74) is -1.04. The fourth-order valence-electron chi connectivity index (χ4n) is 0.564. The van der Waals surface area contributed by atoms with E-state index in [4.69, 9.17) is 11.6 Å². The zero-order valence-electron chi connectivity index (χ0n) is 6.04. The van der Waals surface area contributed by atoms with Gasteiger partial charge in [0, 0.05) is 7.05 Å². The molecular formula is C5H11ClN2O2. The third-order valence-electron chi connectivity index (χ3n) is 0.997. The molecule has 0 fully saturated rings. The lowest BCUT2D eigenvalue weighted by molar-refractivity contribution is 0.0482. The molecule has 0 radical (unpaired) electrons. The number of hydrogen-bond donors (Lipinski definition) is 1. The van der Waals surface area contributed by atoms with Crippen LogP contribution in [0.3, 0.4) is 0 Å². The number of halogens is 1. The Balaban J connectivity index is 3.75. The van der Waals surface area contributed by atoms with Gasteiger partial charge >= 0.3 is 0 Å². The number of hydrogen-bond acceptors (Lipinski definition) is 3. The van der Waals surface area contributed by atoms with Crippen molar-refractivity contribution in [2.24, 2.45) is 5.29 Å².